The van der Waals surface area contributed by atoms with Crippen molar-refractivity contribution in [1.29, 1.82) is 5.41 Å². The quantitative estimate of drug-likeness (QED) is 0.320. The molecule has 2 aromatic carbocycles. The molecule has 0 bridgehead atoms. The van der Waals surface area contributed by atoms with Crippen molar-refractivity contribution < 1.29 is 14.3 Å². The summed E-state index contributed by atoms with van der Waals surface area (Å²) in [5.74, 6) is 1.54. The predicted octanol–water partition coefficient (Wildman–Crippen LogP) is 4.50. The first-order chi connectivity index (χ1) is 16.6. The Balaban J connectivity index is 2.01. The fraction of sp³-hybridized carbons (Fsp3) is 0.280. The van der Waals surface area contributed by atoms with Gasteiger partial charge in [0.05, 0.1) is 28.2 Å². The summed E-state index contributed by atoms with van der Waals surface area (Å²) in [7, 11) is 0. The van der Waals surface area contributed by atoms with Crippen molar-refractivity contribution in [3.05, 3.63) is 53.3 Å². The number of nitrogens with zero attached hydrogens (tertiary/aromatic N) is 2. The van der Waals surface area contributed by atoms with Crippen molar-refractivity contribution in [2.75, 3.05) is 18.5 Å². The van der Waals surface area contributed by atoms with Crippen LogP contribution in [0, 0.1) is 5.41 Å². The highest BCUT2D eigenvalue weighted by molar-refractivity contribution is 6.38. The summed E-state index contributed by atoms with van der Waals surface area (Å²) in [6.07, 6.45) is 2.34. The molecule has 0 aliphatic rings. The number of nitrogens with one attached hydrogen (secondary N) is 3. The monoisotopic (exact) mass is 496 g/mol. The molecule has 0 atom stereocenters. The fourth-order valence-corrected chi connectivity index (χ4v) is 3.55. The number of hydrogen-bond donors (Lipinski definition) is 4. The molecule has 0 saturated heterocycles. The maximum absolute atomic E-state index is 12.1. The van der Waals surface area contributed by atoms with Crippen LogP contribution in [0.15, 0.2) is 48.3 Å². The second-order valence-corrected chi connectivity index (χ2v) is 8.98. The number of nitrogens with two attached hydrogens (primary N) is 1. The highest BCUT2D eigenvalue weighted by Crippen LogP contribution is 2.37. The SMILES string of the molecule is CCOc1ccc2nc(-c3cccc(OCC(=O)NC(C)(C)C)c3)nc(N/C(C=N)=C/N)c2c1Cl. The van der Waals surface area contributed by atoms with Gasteiger partial charge in [-0.15, -0.1) is 0 Å². The summed E-state index contributed by atoms with van der Waals surface area (Å²) in [6, 6.07) is 10.7. The highest BCUT2D eigenvalue weighted by Gasteiger charge is 2.17. The van der Waals surface area contributed by atoms with Crippen LogP contribution in [0.4, 0.5) is 5.82 Å². The molecule has 3 rings (SSSR count). The zero-order chi connectivity index (χ0) is 25.6. The first-order valence-corrected chi connectivity index (χ1v) is 11.4. The first-order valence-electron chi connectivity index (χ1n) is 11.0. The number of aromatic nitrogens is 2. The van der Waals surface area contributed by atoms with E-state index in [1.807, 2.05) is 33.8 Å². The maximum Gasteiger partial charge on any atom is 0.258 e. The summed E-state index contributed by atoms with van der Waals surface area (Å²) in [5.41, 5.74) is 6.85. The van der Waals surface area contributed by atoms with Gasteiger partial charge >= 0.3 is 0 Å². The van der Waals surface area contributed by atoms with Gasteiger partial charge in [0.2, 0.25) is 0 Å². The average molecular weight is 497 g/mol. The van der Waals surface area contributed by atoms with E-state index in [2.05, 4.69) is 20.6 Å². The summed E-state index contributed by atoms with van der Waals surface area (Å²) in [4.78, 5) is 21.5. The highest BCUT2D eigenvalue weighted by atomic mass is 35.5. The molecular weight excluding hydrogens is 468 g/mol. The van der Waals surface area contributed by atoms with Crippen molar-refractivity contribution in [3.63, 3.8) is 0 Å². The second-order valence-electron chi connectivity index (χ2n) is 8.61. The summed E-state index contributed by atoms with van der Waals surface area (Å²) >= 11 is 6.62. The second kappa shape index (κ2) is 11.1. The Morgan fingerprint density at radius 1 is 1.20 bits per heavy atom. The zero-order valence-corrected chi connectivity index (χ0v) is 20.9. The van der Waals surface area contributed by atoms with E-state index >= 15 is 0 Å². The molecule has 1 heterocycles. The van der Waals surface area contributed by atoms with Crippen LogP contribution in [-0.2, 0) is 4.79 Å². The lowest BCUT2D eigenvalue weighted by Gasteiger charge is -2.20. The van der Waals surface area contributed by atoms with Crippen LogP contribution >= 0.6 is 11.6 Å². The normalized spacial score (nSPS) is 11.7. The van der Waals surface area contributed by atoms with Crippen LogP contribution in [0.2, 0.25) is 5.02 Å². The Morgan fingerprint density at radius 3 is 2.63 bits per heavy atom. The van der Waals surface area contributed by atoms with Crippen molar-refractivity contribution >= 4 is 40.4 Å². The lowest BCUT2D eigenvalue weighted by molar-refractivity contribution is -0.124. The van der Waals surface area contributed by atoms with E-state index < -0.39 is 0 Å². The minimum Gasteiger partial charge on any atom is -0.492 e. The van der Waals surface area contributed by atoms with E-state index in [0.29, 0.717) is 56.9 Å². The maximum atomic E-state index is 12.1. The molecule has 1 aromatic heterocycles. The minimum absolute atomic E-state index is 0.119. The molecule has 0 spiro atoms. The number of anilines is 1. The van der Waals surface area contributed by atoms with Gasteiger partial charge in [-0.3, -0.25) is 4.79 Å². The standard InChI is InChI=1S/C25H29ClN6O3/c1-5-34-19-10-9-18-21(22(19)26)24(29-16(12-27)13-28)31-23(30-18)15-7-6-8-17(11-15)35-14-20(33)32-25(2,3)4/h6-13,27H,5,14,28H2,1-4H3,(H,32,33)(H,29,30,31)/b16-13+,27-12?. The molecule has 10 heteroatoms. The summed E-state index contributed by atoms with van der Waals surface area (Å²) in [6.45, 7) is 7.91. The van der Waals surface area contributed by atoms with Crippen LogP contribution in [0.1, 0.15) is 27.7 Å². The van der Waals surface area contributed by atoms with Crippen LogP contribution in [-0.4, -0.2) is 40.8 Å². The van der Waals surface area contributed by atoms with Crippen molar-refractivity contribution in [3.8, 4) is 22.9 Å². The lowest BCUT2D eigenvalue weighted by atomic mass is 10.1. The number of ether oxygens (including phenoxy) is 2. The van der Waals surface area contributed by atoms with Gasteiger partial charge < -0.3 is 31.3 Å². The van der Waals surface area contributed by atoms with Gasteiger partial charge in [-0.1, -0.05) is 23.7 Å². The van der Waals surface area contributed by atoms with Gasteiger partial charge in [-0.05, 0) is 52.0 Å². The Morgan fingerprint density at radius 2 is 1.97 bits per heavy atom. The molecular formula is C25H29ClN6O3. The Kier molecular flexibility index (Phi) is 8.14. The van der Waals surface area contributed by atoms with Gasteiger partial charge in [0.25, 0.3) is 5.91 Å². The number of benzene rings is 2. The molecule has 184 valence electrons. The zero-order valence-electron chi connectivity index (χ0n) is 20.1. The molecule has 5 N–H and O–H groups in total. The van der Waals surface area contributed by atoms with Crippen LogP contribution in [0.25, 0.3) is 22.3 Å². The third kappa shape index (κ3) is 6.60. The molecule has 0 fully saturated rings. The molecule has 1 amide bonds. The first kappa shape index (κ1) is 25.8. The van der Waals surface area contributed by atoms with Crippen LogP contribution < -0.4 is 25.8 Å². The van der Waals surface area contributed by atoms with Crippen LogP contribution in [0.3, 0.4) is 0 Å². The van der Waals surface area contributed by atoms with Gasteiger partial charge in [-0.2, -0.15) is 0 Å². The summed E-state index contributed by atoms with van der Waals surface area (Å²) < 4.78 is 11.3. The molecule has 3 aromatic rings. The third-order valence-corrected chi connectivity index (χ3v) is 5.01. The molecule has 0 unspecified atom stereocenters. The smallest absolute Gasteiger partial charge is 0.258 e. The van der Waals surface area contributed by atoms with Gasteiger partial charge in [0, 0.05) is 23.5 Å². The number of fused-ring (bicyclic) bond motifs is 1. The Labute approximate surface area is 209 Å². The molecule has 0 aliphatic heterocycles. The Bertz CT molecular complexity index is 1270. The number of carbonyl (C=O) groups excluding carboxylic acids is 1. The Hall–Kier alpha value is -3.85. The number of allylic oxidation sites excluding steroid dienone is 1. The third-order valence-electron chi connectivity index (χ3n) is 4.64. The van der Waals surface area contributed by atoms with E-state index in [-0.39, 0.29) is 18.1 Å². The van der Waals surface area contributed by atoms with Crippen molar-refractivity contribution in [1.82, 2.24) is 15.3 Å². The van der Waals surface area contributed by atoms with Gasteiger partial charge in [-0.25, -0.2) is 9.97 Å². The minimum atomic E-state index is -0.346. The largest absolute Gasteiger partial charge is 0.492 e. The van der Waals surface area contributed by atoms with Gasteiger partial charge in [0.15, 0.2) is 12.4 Å². The molecule has 0 saturated carbocycles. The number of halogens is 1. The number of carbonyl (C=O) groups is 1. The van der Waals surface area contributed by atoms with Gasteiger partial charge in [0.1, 0.15) is 17.3 Å². The van der Waals surface area contributed by atoms with E-state index in [9.17, 15) is 4.79 Å². The number of amides is 1. The average Bonchev–Trinajstić information content (AvgIpc) is 2.82. The van der Waals surface area contributed by atoms with E-state index in [1.54, 1.807) is 30.3 Å². The van der Waals surface area contributed by atoms with E-state index in [4.69, 9.17) is 32.2 Å². The summed E-state index contributed by atoms with van der Waals surface area (Å²) in [5, 5.41) is 14.4. The fourth-order valence-electron chi connectivity index (χ4n) is 3.24. The van der Waals surface area contributed by atoms with Crippen molar-refractivity contribution in [2.45, 2.75) is 33.2 Å². The number of hydrogen-bond acceptors (Lipinski definition) is 8. The number of rotatable bonds is 9. The van der Waals surface area contributed by atoms with Crippen LogP contribution in [0.5, 0.6) is 11.5 Å². The topological polar surface area (TPSA) is 135 Å². The molecule has 0 aliphatic carbocycles. The van der Waals surface area contributed by atoms with E-state index in [1.165, 1.54) is 6.20 Å². The molecule has 0 radical (unpaired) electrons. The van der Waals surface area contributed by atoms with E-state index in [0.717, 1.165) is 6.21 Å². The van der Waals surface area contributed by atoms with Crippen molar-refractivity contribution in [2.24, 2.45) is 5.73 Å². The molecule has 35 heavy (non-hydrogen) atoms. The lowest BCUT2D eigenvalue weighted by Crippen LogP contribution is -2.43. The molecule has 9 nitrogen and oxygen atoms in total. The predicted molar refractivity (Wildman–Crippen MR) is 139 cm³/mol.